The summed E-state index contributed by atoms with van der Waals surface area (Å²) in [6, 6.07) is 11.6. The van der Waals surface area contributed by atoms with E-state index in [4.69, 9.17) is 23.2 Å². The lowest BCUT2D eigenvalue weighted by molar-refractivity contribution is -0.140. The van der Waals surface area contributed by atoms with Crippen molar-refractivity contribution in [2.45, 2.75) is 64.6 Å². The zero-order valence-electron chi connectivity index (χ0n) is 20.8. The van der Waals surface area contributed by atoms with Gasteiger partial charge in [-0.05, 0) is 43.9 Å². The zero-order chi connectivity index (χ0) is 26.5. The lowest BCUT2D eigenvalue weighted by Gasteiger charge is -2.33. The maximum absolute atomic E-state index is 13.7. The van der Waals surface area contributed by atoms with Gasteiger partial charge in [0.2, 0.25) is 21.8 Å². The maximum atomic E-state index is 13.7. The number of nitrogens with one attached hydrogen (secondary N) is 1. The largest absolute Gasteiger partial charge is 0.352 e. The number of amides is 2. The molecule has 1 aliphatic carbocycles. The van der Waals surface area contributed by atoms with Gasteiger partial charge in [0.15, 0.2) is 0 Å². The van der Waals surface area contributed by atoms with Crippen LogP contribution in [-0.4, -0.2) is 50.0 Å². The highest BCUT2D eigenvalue weighted by molar-refractivity contribution is 7.92. The number of nitrogens with zero attached hydrogens (tertiary/aromatic N) is 2. The first-order chi connectivity index (χ1) is 17.0. The molecule has 7 nitrogen and oxygen atoms in total. The average Bonchev–Trinajstić information content (AvgIpc) is 3.33. The van der Waals surface area contributed by atoms with Gasteiger partial charge in [0.1, 0.15) is 12.6 Å². The van der Waals surface area contributed by atoms with Crippen molar-refractivity contribution in [1.82, 2.24) is 10.2 Å². The molecule has 10 heteroatoms. The second-order valence-electron chi connectivity index (χ2n) is 9.26. The Hall–Kier alpha value is -2.29. The Morgan fingerprint density at radius 2 is 1.72 bits per heavy atom. The molecular formula is C26H33Cl2N3O4S. The second-order valence-corrected chi connectivity index (χ2v) is 12.0. The van der Waals surface area contributed by atoms with Crippen LogP contribution in [0.1, 0.15) is 50.2 Å². The van der Waals surface area contributed by atoms with E-state index >= 15 is 0 Å². The molecule has 196 valence electrons. The van der Waals surface area contributed by atoms with E-state index < -0.39 is 28.5 Å². The fourth-order valence-electron chi connectivity index (χ4n) is 4.46. The molecule has 0 heterocycles. The molecule has 1 unspecified atom stereocenters. The Bertz CT molecular complexity index is 1180. The molecule has 1 saturated carbocycles. The standard InChI is InChI=1S/C26H33Cl2N3O4S/c1-4-22(26(33)29-20-8-5-6-9-20)30(16-19-14-12-18(2)13-15-19)24(32)17-31(36(3,34)35)23-11-7-10-21(27)25(23)28/h7,10-15,20,22H,4-6,8-9,16-17H2,1-3H3,(H,29,33). The topological polar surface area (TPSA) is 86.8 Å². The molecule has 0 aromatic heterocycles. The van der Waals surface area contributed by atoms with Gasteiger partial charge in [-0.3, -0.25) is 13.9 Å². The van der Waals surface area contributed by atoms with Crippen LogP contribution in [-0.2, 0) is 26.2 Å². The van der Waals surface area contributed by atoms with Crippen molar-refractivity contribution in [2.24, 2.45) is 0 Å². The van der Waals surface area contributed by atoms with Crippen LogP contribution in [0.4, 0.5) is 5.69 Å². The van der Waals surface area contributed by atoms with Gasteiger partial charge in [0, 0.05) is 12.6 Å². The van der Waals surface area contributed by atoms with Crippen LogP contribution < -0.4 is 9.62 Å². The van der Waals surface area contributed by atoms with Gasteiger partial charge in [-0.2, -0.15) is 0 Å². The van der Waals surface area contributed by atoms with E-state index in [1.165, 1.54) is 11.0 Å². The maximum Gasteiger partial charge on any atom is 0.244 e. The number of benzene rings is 2. The fourth-order valence-corrected chi connectivity index (χ4v) is 5.76. The minimum absolute atomic E-state index is 0.0356. The lowest BCUT2D eigenvalue weighted by atomic mass is 10.1. The van der Waals surface area contributed by atoms with E-state index in [9.17, 15) is 18.0 Å². The zero-order valence-corrected chi connectivity index (χ0v) is 23.2. The SMILES string of the molecule is CCC(C(=O)NC1CCCC1)N(Cc1ccc(C)cc1)C(=O)CN(c1cccc(Cl)c1Cl)S(C)(=O)=O. The summed E-state index contributed by atoms with van der Waals surface area (Å²) in [5.74, 6) is -0.734. The van der Waals surface area contributed by atoms with E-state index in [1.807, 2.05) is 38.1 Å². The highest BCUT2D eigenvalue weighted by Gasteiger charge is 2.33. The first-order valence-corrected chi connectivity index (χ1v) is 14.7. The summed E-state index contributed by atoms with van der Waals surface area (Å²) in [6.07, 6.45) is 5.36. The van der Waals surface area contributed by atoms with Crippen LogP contribution in [0.3, 0.4) is 0 Å². The number of carbonyl (C=O) groups is 2. The third-order valence-corrected chi connectivity index (χ3v) is 8.38. The predicted molar refractivity (Wildman–Crippen MR) is 145 cm³/mol. The van der Waals surface area contributed by atoms with Gasteiger partial charge in [0.25, 0.3) is 0 Å². The van der Waals surface area contributed by atoms with Crippen molar-refractivity contribution in [3.05, 3.63) is 63.6 Å². The van der Waals surface area contributed by atoms with Gasteiger partial charge in [-0.1, -0.05) is 78.9 Å². The van der Waals surface area contributed by atoms with Gasteiger partial charge in [-0.25, -0.2) is 8.42 Å². The van der Waals surface area contributed by atoms with Gasteiger partial charge in [-0.15, -0.1) is 0 Å². The first-order valence-electron chi connectivity index (χ1n) is 12.1. The van der Waals surface area contributed by atoms with Crippen molar-refractivity contribution < 1.29 is 18.0 Å². The summed E-state index contributed by atoms with van der Waals surface area (Å²) < 4.78 is 26.4. The molecule has 0 radical (unpaired) electrons. The van der Waals surface area contributed by atoms with Crippen molar-refractivity contribution in [1.29, 1.82) is 0 Å². The van der Waals surface area contributed by atoms with Crippen LogP contribution in [0.5, 0.6) is 0 Å². The minimum atomic E-state index is -3.89. The first kappa shape index (κ1) is 28.3. The normalized spacial score (nSPS) is 14.9. The molecule has 1 fully saturated rings. The van der Waals surface area contributed by atoms with E-state index in [2.05, 4.69) is 5.32 Å². The summed E-state index contributed by atoms with van der Waals surface area (Å²) in [6.45, 7) is 3.46. The molecule has 0 aliphatic heterocycles. The van der Waals surface area contributed by atoms with Crippen molar-refractivity contribution >= 4 is 50.7 Å². The molecular weight excluding hydrogens is 521 g/mol. The summed E-state index contributed by atoms with van der Waals surface area (Å²) >= 11 is 12.4. The molecule has 2 aromatic rings. The summed E-state index contributed by atoms with van der Waals surface area (Å²) in [7, 11) is -3.89. The van der Waals surface area contributed by atoms with Crippen molar-refractivity contribution in [2.75, 3.05) is 17.1 Å². The van der Waals surface area contributed by atoms with Crippen LogP contribution in [0.15, 0.2) is 42.5 Å². The van der Waals surface area contributed by atoms with E-state index in [0.29, 0.717) is 6.42 Å². The Balaban J connectivity index is 1.94. The summed E-state index contributed by atoms with van der Waals surface area (Å²) in [4.78, 5) is 28.5. The molecule has 3 rings (SSSR count). The highest BCUT2D eigenvalue weighted by Crippen LogP contribution is 2.34. The number of sulfonamides is 1. The smallest absolute Gasteiger partial charge is 0.244 e. The predicted octanol–water partition coefficient (Wildman–Crippen LogP) is 4.93. The van der Waals surface area contributed by atoms with Crippen LogP contribution >= 0.6 is 23.2 Å². The molecule has 36 heavy (non-hydrogen) atoms. The average molecular weight is 555 g/mol. The minimum Gasteiger partial charge on any atom is -0.352 e. The lowest BCUT2D eigenvalue weighted by Crippen LogP contribution is -2.53. The molecule has 2 aromatic carbocycles. The van der Waals surface area contributed by atoms with E-state index in [-0.39, 0.29) is 34.2 Å². The number of hydrogen-bond acceptors (Lipinski definition) is 4. The third-order valence-electron chi connectivity index (χ3n) is 6.44. The molecule has 0 spiro atoms. The van der Waals surface area contributed by atoms with E-state index in [1.54, 1.807) is 12.1 Å². The summed E-state index contributed by atoms with van der Waals surface area (Å²) in [5, 5.41) is 3.30. The number of halogens is 2. The Morgan fingerprint density at radius 1 is 1.08 bits per heavy atom. The monoisotopic (exact) mass is 553 g/mol. The van der Waals surface area contributed by atoms with Gasteiger partial charge in [0.05, 0.1) is 22.0 Å². The fraction of sp³-hybridized carbons (Fsp3) is 0.462. The number of anilines is 1. The van der Waals surface area contributed by atoms with Gasteiger partial charge >= 0.3 is 0 Å². The van der Waals surface area contributed by atoms with E-state index in [0.717, 1.165) is 47.4 Å². The van der Waals surface area contributed by atoms with Crippen LogP contribution in [0.2, 0.25) is 10.0 Å². The molecule has 1 atom stereocenters. The number of rotatable bonds is 10. The number of hydrogen-bond donors (Lipinski definition) is 1. The Labute approximate surface area is 223 Å². The highest BCUT2D eigenvalue weighted by atomic mass is 35.5. The number of carbonyl (C=O) groups excluding carboxylic acids is 2. The van der Waals surface area contributed by atoms with Crippen LogP contribution in [0.25, 0.3) is 0 Å². The van der Waals surface area contributed by atoms with Crippen LogP contribution in [0, 0.1) is 6.92 Å². The second kappa shape index (κ2) is 12.3. The van der Waals surface area contributed by atoms with Gasteiger partial charge < -0.3 is 10.2 Å². The number of aryl methyl sites for hydroxylation is 1. The Morgan fingerprint density at radius 3 is 2.31 bits per heavy atom. The van der Waals surface area contributed by atoms with Crippen molar-refractivity contribution in [3.8, 4) is 0 Å². The molecule has 0 saturated heterocycles. The Kier molecular flexibility index (Phi) is 9.66. The third kappa shape index (κ3) is 7.14. The molecule has 1 N–H and O–H groups in total. The molecule has 0 bridgehead atoms. The van der Waals surface area contributed by atoms with Crippen molar-refractivity contribution in [3.63, 3.8) is 0 Å². The molecule has 1 aliphatic rings. The summed E-state index contributed by atoms with van der Waals surface area (Å²) in [5.41, 5.74) is 2.02. The molecule has 2 amide bonds. The quantitative estimate of drug-likeness (QED) is 0.451.